The van der Waals surface area contributed by atoms with E-state index in [1.807, 2.05) is 48.8 Å². The predicted octanol–water partition coefficient (Wildman–Crippen LogP) is 8.14. The molecule has 0 radical (unpaired) electrons. The van der Waals surface area contributed by atoms with E-state index in [0.717, 1.165) is 52.7 Å². The van der Waals surface area contributed by atoms with Crippen molar-refractivity contribution in [1.82, 2.24) is 9.97 Å². The highest BCUT2D eigenvalue weighted by Gasteiger charge is 2.05. The Kier molecular flexibility index (Phi) is 7.45. The van der Waals surface area contributed by atoms with E-state index in [0.29, 0.717) is 0 Å². The van der Waals surface area contributed by atoms with Gasteiger partial charge in [0, 0.05) is 28.0 Å². The lowest BCUT2D eigenvalue weighted by Gasteiger charge is -2.09. The molecule has 0 atom stereocenters. The highest BCUT2D eigenvalue weighted by molar-refractivity contribution is 9.10. The first-order valence-electron chi connectivity index (χ1n) is 12.0. The second kappa shape index (κ2) is 11.2. The van der Waals surface area contributed by atoms with Crippen LogP contribution in [0.2, 0.25) is 0 Å². The highest BCUT2D eigenvalue weighted by Crippen LogP contribution is 2.21. The van der Waals surface area contributed by atoms with Gasteiger partial charge in [0.25, 0.3) is 0 Å². The second-order valence-corrected chi connectivity index (χ2v) is 9.72. The predicted molar refractivity (Wildman–Crippen MR) is 148 cm³/mol. The van der Waals surface area contributed by atoms with Gasteiger partial charge in [-0.2, -0.15) is 0 Å². The van der Waals surface area contributed by atoms with Crippen molar-refractivity contribution >= 4 is 15.9 Å². The van der Waals surface area contributed by atoms with Crippen LogP contribution in [-0.4, -0.2) is 9.97 Å². The fourth-order valence-electron chi connectivity index (χ4n) is 4.29. The Labute approximate surface area is 215 Å². The molecule has 0 N–H and O–H groups in total. The smallest absolute Gasteiger partial charge is 0.0702 e. The van der Waals surface area contributed by atoms with Crippen molar-refractivity contribution in [3.05, 3.63) is 142 Å². The largest absolute Gasteiger partial charge is 0.256 e. The molecule has 2 nitrogen and oxygen atoms in total. The molecule has 3 aromatic carbocycles. The number of hydrogen-bond acceptors (Lipinski definition) is 2. The molecule has 3 heteroatoms. The maximum atomic E-state index is 4.67. The summed E-state index contributed by atoms with van der Waals surface area (Å²) in [6.45, 7) is 0. The molecule has 0 aliphatic rings. The summed E-state index contributed by atoms with van der Waals surface area (Å²) in [6.07, 6.45) is 7.95. The van der Waals surface area contributed by atoms with E-state index in [9.17, 15) is 0 Å². The van der Waals surface area contributed by atoms with Gasteiger partial charge in [-0.05, 0) is 72.2 Å². The van der Waals surface area contributed by atoms with Crippen molar-refractivity contribution in [2.75, 3.05) is 0 Å². The Morgan fingerprint density at radius 2 is 0.886 bits per heavy atom. The van der Waals surface area contributed by atoms with Crippen LogP contribution in [0.3, 0.4) is 0 Å². The molecule has 0 spiro atoms. The summed E-state index contributed by atoms with van der Waals surface area (Å²) in [6, 6.07) is 36.1. The first-order valence-corrected chi connectivity index (χ1v) is 12.8. The molecular weight excluding hydrogens is 492 g/mol. The van der Waals surface area contributed by atoms with E-state index in [1.54, 1.807) is 0 Å². The molecule has 0 saturated carbocycles. The zero-order valence-electron chi connectivity index (χ0n) is 19.6. The Morgan fingerprint density at radius 3 is 1.29 bits per heavy atom. The molecular formula is C32H27BrN2. The van der Waals surface area contributed by atoms with E-state index in [1.165, 1.54) is 22.3 Å². The second-order valence-electron chi connectivity index (χ2n) is 8.80. The zero-order valence-corrected chi connectivity index (χ0v) is 21.2. The van der Waals surface area contributed by atoms with Crippen molar-refractivity contribution in [2.24, 2.45) is 0 Å². The Bertz CT molecular complexity index is 1260. The molecule has 0 amide bonds. The van der Waals surface area contributed by atoms with Crippen molar-refractivity contribution < 1.29 is 0 Å². The lowest BCUT2D eigenvalue weighted by molar-refractivity contribution is 0.921. The molecule has 2 aromatic heterocycles. The Morgan fingerprint density at radius 1 is 0.457 bits per heavy atom. The molecule has 0 unspecified atom stereocenters. The third-order valence-corrected chi connectivity index (χ3v) is 6.67. The maximum Gasteiger partial charge on any atom is 0.0702 e. The summed E-state index contributed by atoms with van der Waals surface area (Å²) >= 11 is 3.71. The third kappa shape index (κ3) is 6.32. The molecule has 0 fully saturated rings. The molecule has 35 heavy (non-hydrogen) atoms. The van der Waals surface area contributed by atoms with Gasteiger partial charge in [0.15, 0.2) is 0 Å². The molecule has 5 rings (SSSR count). The normalized spacial score (nSPS) is 10.9. The van der Waals surface area contributed by atoms with E-state index in [4.69, 9.17) is 0 Å². The molecule has 0 aliphatic heterocycles. The Balaban J connectivity index is 1.19. The van der Waals surface area contributed by atoms with Gasteiger partial charge in [0.2, 0.25) is 0 Å². The van der Waals surface area contributed by atoms with Crippen LogP contribution in [0.25, 0.3) is 22.5 Å². The SMILES string of the molecule is Brc1cc(CCc2ccc(-c3ccccc3)nc2)cc(CCc2ccc(-c3ccccc3)nc2)c1. The minimum absolute atomic E-state index is 0.975. The lowest BCUT2D eigenvalue weighted by Crippen LogP contribution is -1.97. The average molecular weight is 519 g/mol. The van der Waals surface area contributed by atoms with Gasteiger partial charge < -0.3 is 0 Å². The zero-order chi connectivity index (χ0) is 23.9. The van der Waals surface area contributed by atoms with E-state index in [-0.39, 0.29) is 0 Å². The van der Waals surface area contributed by atoms with Crippen LogP contribution < -0.4 is 0 Å². The van der Waals surface area contributed by atoms with E-state index in [2.05, 4.69) is 92.6 Å². The number of aryl methyl sites for hydroxylation is 4. The monoisotopic (exact) mass is 518 g/mol. The molecule has 5 aromatic rings. The minimum Gasteiger partial charge on any atom is -0.256 e. The number of benzene rings is 3. The van der Waals surface area contributed by atoms with Gasteiger partial charge in [0.05, 0.1) is 11.4 Å². The van der Waals surface area contributed by atoms with Crippen LogP contribution in [0.1, 0.15) is 22.3 Å². The first kappa shape index (κ1) is 23.2. The number of pyridine rings is 2. The highest BCUT2D eigenvalue weighted by atomic mass is 79.9. The van der Waals surface area contributed by atoms with Gasteiger partial charge in [-0.1, -0.05) is 94.8 Å². The van der Waals surface area contributed by atoms with Gasteiger partial charge in [-0.25, -0.2) is 0 Å². The number of nitrogens with zero attached hydrogens (tertiary/aromatic N) is 2. The standard InChI is InChI=1S/C32H27BrN2/c33-30-20-26(13-11-24-15-17-31(34-22-24)28-7-3-1-4-8-28)19-27(21-30)14-12-25-16-18-32(35-23-25)29-9-5-2-6-10-29/h1-10,15-23H,11-14H2. The Hall–Kier alpha value is -3.56. The van der Waals surface area contributed by atoms with Crippen molar-refractivity contribution in [1.29, 1.82) is 0 Å². The summed E-state index contributed by atoms with van der Waals surface area (Å²) in [5.74, 6) is 0. The quantitative estimate of drug-likeness (QED) is 0.207. The van der Waals surface area contributed by atoms with Crippen LogP contribution in [0.5, 0.6) is 0 Å². The van der Waals surface area contributed by atoms with Gasteiger partial charge in [-0.15, -0.1) is 0 Å². The fraction of sp³-hybridized carbons (Fsp3) is 0.125. The molecule has 2 heterocycles. The van der Waals surface area contributed by atoms with Crippen LogP contribution in [0, 0.1) is 0 Å². The van der Waals surface area contributed by atoms with E-state index < -0.39 is 0 Å². The number of hydrogen-bond donors (Lipinski definition) is 0. The minimum atomic E-state index is 0.975. The fourth-order valence-corrected chi connectivity index (χ4v) is 4.88. The molecule has 0 saturated heterocycles. The molecule has 0 aliphatic carbocycles. The van der Waals surface area contributed by atoms with Crippen LogP contribution in [0.15, 0.2) is 120 Å². The summed E-state index contributed by atoms with van der Waals surface area (Å²) in [5, 5.41) is 0. The number of halogens is 1. The summed E-state index contributed by atoms with van der Waals surface area (Å²) < 4.78 is 1.14. The number of aromatic nitrogens is 2. The van der Waals surface area contributed by atoms with Crippen molar-refractivity contribution in [3.8, 4) is 22.5 Å². The summed E-state index contributed by atoms with van der Waals surface area (Å²) in [4.78, 5) is 9.34. The van der Waals surface area contributed by atoms with Gasteiger partial charge >= 0.3 is 0 Å². The molecule has 172 valence electrons. The third-order valence-electron chi connectivity index (χ3n) is 6.21. The van der Waals surface area contributed by atoms with Crippen LogP contribution in [0.4, 0.5) is 0 Å². The summed E-state index contributed by atoms with van der Waals surface area (Å²) in [5.41, 5.74) is 9.56. The van der Waals surface area contributed by atoms with Crippen LogP contribution in [-0.2, 0) is 25.7 Å². The number of rotatable bonds is 8. The topological polar surface area (TPSA) is 25.8 Å². The summed E-state index contributed by atoms with van der Waals surface area (Å²) in [7, 11) is 0. The van der Waals surface area contributed by atoms with Crippen LogP contribution >= 0.6 is 15.9 Å². The van der Waals surface area contributed by atoms with Gasteiger partial charge in [0.1, 0.15) is 0 Å². The van der Waals surface area contributed by atoms with Crippen molar-refractivity contribution in [2.45, 2.75) is 25.7 Å². The van der Waals surface area contributed by atoms with Gasteiger partial charge in [-0.3, -0.25) is 9.97 Å². The average Bonchev–Trinajstić information content (AvgIpc) is 2.92. The van der Waals surface area contributed by atoms with Crippen molar-refractivity contribution in [3.63, 3.8) is 0 Å². The van der Waals surface area contributed by atoms with E-state index >= 15 is 0 Å². The molecule has 0 bridgehead atoms. The lowest BCUT2D eigenvalue weighted by atomic mass is 9.99. The first-order chi connectivity index (χ1) is 17.2. The maximum absolute atomic E-state index is 4.67.